The Bertz CT molecular complexity index is 497. The maximum Gasteiger partial charge on any atom is 0.129 e. The van der Waals surface area contributed by atoms with Crippen LogP contribution in [0.3, 0.4) is 0 Å². The number of anilines is 1. The molecule has 4 nitrogen and oxygen atoms in total. The predicted octanol–water partition coefficient (Wildman–Crippen LogP) is 1.04. The van der Waals surface area contributed by atoms with E-state index in [9.17, 15) is 0 Å². The third-order valence-electron chi connectivity index (χ3n) is 4.67. The largest absolute Gasteiger partial charge is 0.343 e. The average Bonchev–Trinajstić information content (AvgIpc) is 2.29. The van der Waals surface area contributed by atoms with E-state index >= 15 is 0 Å². The van der Waals surface area contributed by atoms with Crippen molar-refractivity contribution < 1.29 is 0 Å². The zero-order valence-corrected chi connectivity index (χ0v) is 9.56. The van der Waals surface area contributed by atoms with E-state index in [4.69, 9.17) is 5.26 Å². The van der Waals surface area contributed by atoms with Crippen LogP contribution in [0.2, 0.25) is 0 Å². The third kappa shape index (κ3) is 0.985. The standard InChI is InChI=1S/C13H14N4/c14-6-9-2-3-11(15-7-9)17-10-8-16-12(10)13(17)4-1-5-13/h2-3,7,10,12,16H,1,4-5,8H2. The third-order valence-corrected chi connectivity index (χ3v) is 4.67. The Kier molecular flexibility index (Phi) is 1.66. The monoisotopic (exact) mass is 226 g/mol. The highest BCUT2D eigenvalue weighted by molar-refractivity contribution is 5.56. The van der Waals surface area contributed by atoms with Gasteiger partial charge in [0.1, 0.15) is 11.9 Å². The van der Waals surface area contributed by atoms with Gasteiger partial charge in [-0.3, -0.25) is 0 Å². The van der Waals surface area contributed by atoms with Gasteiger partial charge in [-0.05, 0) is 31.4 Å². The van der Waals surface area contributed by atoms with Crippen molar-refractivity contribution in [2.75, 3.05) is 11.4 Å². The van der Waals surface area contributed by atoms with Crippen molar-refractivity contribution in [3.63, 3.8) is 0 Å². The molecule has 86 valence electrons. The van der Waals surface area contributed by atoms with Crippen molar-refractivity contribution in [3.05, 3.63) is 23.9 Å². The summed E-state index contributed by atoms with van der Waals surface area (Å²) in [6.45, 7) is 1.08. The molecule has 4 rings (SSSR count). The predicted molar refractivity (Wildman–Crippen MR) is 63.6 cm³/mol. The van der Waals surface area contributed by atoms with Crippen molar-refractivity contribution in [1.29, 1.82) is 5.26 Å². The summed E-state index contributed by atoms with van der Waals surface area (Å²) in [6.07, 6.45) is 5.57. The highest BCUT2D eigenvalue weighted by atomic mass is 15.4. The average molecular weight is 226 g/mol. The lowest BCUT2D eigenvalue weighted by Gasteiger charge is -2.73. The molecule has 4 heteroatoms. The van der Waals surface area contributed by atoms with Crippen LogP contribution < -0.4 is 10.2 Å². The molecule has 1 N–H and O–H groups in total. The van der Waals surface area contributed by atoms with Gasteiger partial charge in [0.25, 0.3) is 0 Å². The molecule has 0 radical (unpaired) electrons. The van der Waals surface area contributed by atoms with Gasteiger partial charge in [-0.2, -0.15) is 5.26 Å². The van der Waals surface area contributed by atoms with Crippen molar-refractivity contribution in [2.45, 2.75) is 36.9 Å². The van der Waals surface area contributed by atoms with Gasteiger partial charge in [0.2, 0.25) is 0 Å². The summed E-state index contributed by atoms with van der Waals surface area (Å²) in [7, 11) is 0. The lowest BCUT2D eigenvalue weighted by Crippen LogP contribution is -2.91. The van der Waals surface area contributed by atoms with E-state index in [0.717, 1.165) is 12.4 Å². The van der Waals surface area contributed by atoms with Crippen LogP contribution in [-0.4, -0.2) is 29.2 Å². The molecule has 3 aliphatic rings. The first-order chi connectivity index (χ1) is 8.35. The number of fused-ring (bicyclic) bond motifs is 2. The highest BCUT2D eigenvalue weighted by Crippen LogP contribution is 2.54. The molecule has 1 spiro atoms. The van der Waals surface area contributed by atoms with Crippen molar-refractivity contribution in [3.8, 4) is 6.07 Å². The summed E-state index contributed by atoms with van der Waals surface area (Å²) in [6, 6.07) is 7.30. The second kappa shape index (κ2) is 2.99. The van der Waals surface area contributed by atoms with Crippen LogP contribution >= 0.6 is 0 Å². The Hall–Kier alpha value is -1.60. The van der Waals surface area contributed by atoms with Gasteiger partial charge < -0.3 is 10.2 Å². The zero-order valence-electron chi connectivity index (χ0n) is 9.56. The summed E-state index contributed by atoms with van der Waals surface area (Å²) in [5.74, 6) is 1.05. The number of hydrogen-bond donors (Lipinski definition) is 1. The first-order valence-corrected chi connectivity index (χ1v) is 6.24. The van der Waals surface area contributed by atoms with Crippen LogP contribution in [0.1, 0.15) is 24.8 Å². The minimum absolute atomic E-state index is 0.351. The summed E-state index contributed by atoms with van der Waals surface area (Å²) in [5.41, 5.74) is 0.990. The summed E-state index contributed by atoms with van der Waals surface area (Å²) in [5, 5.41) is 12.3. The fourth-order valence-corrected chi connectivity index (χ4v) is 3.61. The fraction of sp³-hybridized carbons (Fsp3) is 0.538. The Morgan fingerprint density at radius 3 is 2.82 bits per heavy atom. The van der Waals surface area contributed by atoms with Gasteiger partial charge in [-0.15, -0.1) is 0 Å². The second-order valence-electron chi connectivity index (χ2n) is 5.30. The normalized spacial score (nSPS) is 31.8. The fourth-order valence-electron chi connectivity index (χ4n) is 3.61. The molecule has 0 aromatic carbocycles. The number of nitrogens with zero attached hydrogens (tertiary/aromatic N) is 3. The molecular formula is C13H14N4. The van der Waals surface area contributed by atoms with Crippen LogP contribution in [0.5, 0.6) is 0 Å². The Morgan fingerprint density at radius 1 is 1.47 bits per heavy atom. The van der Waals surface area contributed by atoms with Crippen molar-refractivity contribution in [2.24, 2.45) is 0 Å². The van der Waals surface area contributed by atoms with Crippen molar-refractivity contribution >= 4 is 5.82 Å². The number of pyridine rings is 1. The van der Waals surface area contributed by atoms with Crippen molar-refractivity contribution in [1.82, 2.24) is 10.3 Å². The second-order valence-corrected chi connectivity index (χ2v) is 5.30. The van der Waals surface area contributed by atoms with Crippen LogP contribution in [0, 0.1) is 11.3 Å². The van der Waals surface area contributed by atoms with Crippen LogP contribution in [0.25, 0.3) is 0 Å². The van der Waals surface area contributed by atoms with E-state index in [1.54, 1.807) is 6.20 Å². The minimum atomic E-state index is 0.351. The molecule has 0 bridgehead atoms. The Labute approximate surface area is 100 Å². The molecule has 3 heterocycles. The topological polar surface area (TPSA) is 52.0 Å². The van der Waals surface area contributed by atoms with Crippen LogP contribution in [0.15, 0.2) is 18.3 Å². The SMILES string of the molecule is N#Cc1ccc(N2C3CNC3C23CCC3)nc1. The smallest absolute Gasteiger partial charge is 0.129 e. The Balaban J connectivity index is 1.67. The highest BCUT2D eigenvalue weighted by Gasteiger charge is 2.66. The zero-order chi connectivity index (χ0) is 11.5. The lowest BCUT2D eigenvalue weighted by molar-refractivity contribution is -0.00247. The molecule has 2 aliphatic heterocycles. The summed E-state index contributed by atoms with van der Waals surface area (Å²) in [4.78, 5) is 6.93. The molecule has 2 unspecified atom stereocenters. The van der Waals surface area contributed by atoms with Crippen LogP contribution in [-0.2, 0) is 0 Å². The molecule has 1 aromatic rings. The van der Waals surface area contributed by atoms with E-state index in [-0.39, 0.29) is 0 Å². The number of hydrogen-bond acceptors (Lipinski definition) is 4. The quantitative estimate of drug-likeness (QED) is 0.777. The molecule has 1 aliphatic carbocycles. The number of piperazine rings is 1. The Morgan fingerprint density at radius 2 is 2.35 bits per heavy atom. The van der Waals surface area contributed by atoms with E-state index in [0.29, 0.717) is 23.2 Å². The van der Waals surface area contributed by atoms with Gasteiger partial charge in [-0.25, -0.2) is 4.98 Å². The molecule has 2 saturated heterocycles. The van der Waals surface area contributed by atoms with Gasteiger partial charge in [-0.1, -0.05) is 0 Å². The molecule has 0 amide bonds. The lowest BCUT2D eigenvalue weighted by atomic mass is 9.57. The number of rotatable bonds is 1. The molecule has 2 atom stereocenters. The maximum atomic E-state index is 8.79. The molecule has 1 aromatic heterocycles. The van der Waals surface area contributed by atoms with E-state index in [1.165, 1.54) is 19.3 Å². The van der Waals surface area contributed by atoms with E-state index < -0.39 is 0 Å². The summed E-state index contributed by atoms with van der Waals surface area (Å²) < 4.78 is 0. The number of nitrogens with one attached hydrogen (secondary N) is 1. The molecular weight excluding hydrogens is 212 g/mol. The van der Waals surface area contributed by atoms with Gasteiger partial charge >= 0.3 is 0 Å². The first-order valence-electron chi connectivity index (χ1n) is 6.24. The number of nitriles is 1. The molecule has 17 heavy (non-hydrogen) atoms. The minimum Gasteiger partial charge on any atom is -0.343 e. The summed E-state index contributed by atoms with van der Waals surface area (Å²) >= 11 is 0. The molecule has 3 fully saturated rings. The van der Waals surface area contributed by atoms with E-state index in [2.05, 4.69) is 21.3 Å². The van der Waals surface area contributed by atoms with E-state index in [1.807, 2.05) is 12.1 Å². The maximum absolute atomic E-state index is 8.79. The first kappa shape index (κ1) is 9.43. The van der Waals surface area contributed by atoms with Gasteiger partial charge in [0.05, 0.1) is 23.2 Å². The van der Waals surface area contributed by atoms with Gasteiger partial charge in [0, 0.05) is 12.7 Å². The molecule has 1 saturated carbocycles. The van der Waals surface area contributed by atoms with Crippen LogP contribution in [0.4, 0.5) is 5.82 Å². The van der Waals surface area contributed by atoms with Gasteiger partial charge in [0.15, 0.2) is 0 Å². The number of aromatic nitrogens is 1.